The predicted octanol–water partition coefficient (Wildman–Crippen LogP) is 1.84. The van der Waals surface area contributed by atoms with Gasteiger partial charge in [0.15, 0.2) is 0 Å². The normalized spacial score (nSPS) is 17.4. The third-order valence-electron chi connectivity index (χ3n) is 3.73. The van der Waals surface area contributed by atoms with Crippen LogP contribution in [-0.2, 0) is 9.53 Å². The maximum atomic E-state index is 12.1. The second-order valence-corrected chi connectivity index (χ2v) is 6.48. The van der Waals surface area contributed by atoms with E-state index in [2.05, 4.69) is 10.2 Å². The lowest BCUT2D eigenvalue weighted by Gasteiger charge is -2.29. The Kier molecular flexibility index (Phi) is 4.85. The number of amides is 1. The van der Waals surface area contributed by atoms with Crippen molar-refractivity contribution in [1.82, 2.24) is 0 Å². The van der Waals surface area contributed by atoms with Crippen LogP contribution >= 0.6 is 0 Å². The van der Waals surface area contributed by atoms with Crippen molar-refractivity contribution < 1.29 is 9.53 Å². The summed E-state index contributed by atoms with van der Waals surface area (Å²) >= 11 is 0. The largest absolute Gasteiger partial charge is 0.378 e. The van der Waals surface area contributed by atoms with Gasteiger partial charge in [-0.3, -0.25) is 4.79 Å². The Labute approximate surface area is 126 Å². The van der Waals surface area contributed by atoms with E-state index in [0.717, 1.165) is 37.7 Å². The van der Waals surface area contributed by atoms with E-state index in [1.165, 1.54) is 0 Å². The van der Waals surface area contributed by atoms with Crippen molar-refractivity contribution >= 4 is 17.3 Å². The number of nitrogens with zero attached hydrogens (tertiary/aromatic N) is 1. The molecule has 21 heavy (non-hydrogen) atoms. The number of nitrogens with one attached hydrogen (secondary N) is 1. The van der Waals surface area contributed by atoms with Crippen LogP contribution in [0.5, 0.6) is 0 Å². The van der Waals surface area contributed by atoms with Gasteiger partial charge in [-0.15, -0.1) is 0 Å². The number of carbonyl (C=O) groups is 1. The summed E-state index contributed by atoms with van der Waals surface area (Å²) in [5, 5.41) is 2.87. The maximum Gasteiger partial charge on any atom is 0.241 e. The Morgan fingerprint density at radius 1 is 1.24 bits per heavy atom. The molecule has 0 saturated carbocycles. The summed E-state index contributed by atoms with van der Waals surface area (Å²) in [6, 6.07) is 7.33. The number of hydrogen-bond donors (Lipinski definition) is 2. The SMILES string of the molecule is CC(C)(C)[C@@H](N)C(=O)Nc1ccc(N2CCOCC2)cc1. The second kappa shape index (κ2) is 6.45. The summed E-state index contributed by atoms with van der Waals surface area (Å²) in [5.74, 6) is -0.151. The zero-order chi connectivity index (χ0) is 15.5. The van der Waals surface area contributed by atoms with E-state index in [4.69, 9.17) is 10.5 Å². The average Bonchev–Trinajstić information content (AvgIpc) is 2.47. The first-order valence-electron chi connectivity index (χ1n) is 7.37. The number of morpholine rings is 1. The highest BCUT2D eigenvalue weighted by Gasteiger charge is 2.27. The monoisotopic (exact) mass is 291 g/mol. The molecule has 1 amide bonds. The number of hydrogen-bond acceptors (Lipinski definition) is 4. The summed E-state index contributed by atoms with van der Waals surface area (Å²) in [5.41, 5.74) is 7.63. The van der Waals surface area contributed by atoms with Crippen molar-refractivity contribution in [2.45, 2.75) is 26.8 Å². The lowest BCUT2D eigenvalue weighted by Crippen LogP contribution is -2.45. The molecule has 0 radical (unpaired) electrons. The van der Waals surface area contributed by atoms with Crippen LogP contribution in [0.2, 0.25) is 0 Å². The molecule has 0 aliphatic carbocycles. The van der Waals surface area contributed by atoms with Gasteiger partial charge in [-0.25, -0.2) is 0 Å². The van der Waals surface area contributed by atoms with E-state index in [0.29, 0.717) is 0 Å². The van der Waals surface area contributed by atoms with Crippen LogP contribution in [0.1, 0.15) is 20.8 Å². The van der Waals surface area contributed by atoms with Gasteiger partial charge < -0.3 is 20.7 Å². The first kappa shape index (κ1) is 15.8. The van der Waals surface area contributed by atoms with Crippen molar-refractivity contribution in [3.05, 3.63) is 24.3 Å². The van der Waals surface area contributed by atoms with E-state index >= 15 is 0 Å². The Morgan fingerprint density at radius 2 is 1.81 bits per heavy atom. The van der Waals surface area contributed by atoms with E-state index in [-0.39, 0.29) is 11.3 Å². The predicted molar refractivity (Wildman–Crippen MR) is 85.5 cm³/mol. The highest BCUT2D eigenvalue weighted by atomic mass is 16.5. The summed E-state index contributed by atoms with van der Waals surface area (Å²) in [6.07, 6.45) is 0. The average molecular weight is 291 g/mol. The molecule has 1 aromatic carbocycles. The maximum absolute atomic E-state index is 12.1. The third kappa shape index (κ3) is 4.19. The third-order valence-corrected chi connectivity index (χ3v) is 3.73. The molecule has 1 aliphatic heterocycles. The van der Waals surface area contributed by atoms with Crippen LogP contribution < -0.4 is 16.0 Å². The summed E-state index contributed by atoms with van der Waals surface area (Å²) in [6.45, 7) is 9.20. The number of nitrogens with two attached hydrogens (primary N) is 1. The Bertz CT molecular complexity index is 473. The fraction of sp³-hybridized carbons (Fsp3) is 0.562. The molecule has 1 fully saturated rings. The molecule has 1 aliphatic rings. The van der Waals surface area contributed by atoms with Gasteiger partial charge in [-0.2, -0.15) is 0 Å². The molecule has 0 unspecified atom stereocenters. The van der Waals surface area contributed by atoms with Gasteiger partial charge >= 0.3 is 0 Å². The number of anilines is 2. The van der Waals surface area contributed by atoms with Crippen LogP contribution in [0.4, 0.5) is 11.4 Å². The molecule has 1 saturated heterocycles. The van der Waals surface area contributed by atoms with Crippen molar-refractivity contribution in [3.8, 4) is 0 Å². The van der Waals surface area contributed by atoms with Crippen molar-refractivity contribution in [2.75, 3.05) is 36.5 Å². The van der Waals surface area contributed by atoms with Gasteiger partial charge in [0.05, 0.1) is 19.3 Å². The van der Waals surface area contributed by atoms with Crippen LogP contribution in [-0.4, -0.2) is 38.3 Å². The van der Waals surface area contributed by atoms with E-state index in [1.807, 2.05) is 45.0 Å². The van der Waals surface area contributed by atoms with Gasteiger partial charge in [0.1, 0.15) is 0 Å². The van der Waals surface area contributed by atoms with E-state index < -0.39 is 6.04 Å². The van der Waals surface area contributed by atoms with Gasteiger partial charge in [-0.1, -0.05) is 20.8 Å². The first-order valence-corrected chi connectivity index (χ1v) is 7.37. The molecule has 1 aromatic rings. The Balaban J connectivity index is 1.97. The molecular weight excluding hydrogens is 266 g/mol. The molecule has 5 heteroatoms. The standard InChI is InChI=1S/C16H25N3O2/c1-16(2,3)14(17)15(20)18-12-4-6-13(7-5-12)19-8-10-21-11-9-19/h4-7,14H,8-11,17H2,1-3H3,(H,18,20)/t14-/m0/s1. The smallest absolute Gasteiger partial charge is 0.241 e. The zero-order valence-electron chi connectivity index (χ0n) is 13.1. The molecule has 0 spiro atoms. The van der Waals surface area contributed by atoms with Crippen LogP contribution in [0.15, 0.2) is 24.3 Å². The number of rotatable bonds is 3. The summed E-state index contributed by atoms with van der Waals surface area (Å²) < 4.78 is 5.34. The molecule has 3 N–H and O–H groups in total. The second-order valence-electron chi connectivity index (χ2n) is 6.48. The van der Waals surface area contributed by atoms with Crippen LogP contribution in [0.25, 0.3) is 0 Å². The minimum Gasteiger partial charge on any atom is -0.378 e. The Hall–Kier alpha value is -1.59. The minimum atomic E-state index is -0.531. The number of benzene rings is 1. The topological polar surface area (TPSA) is 67.6 Å². The van der Waals surface area contributed by atoms with Gasteiger partial charge in [0, 0.05) is 24.5 Å². The number of ether oxygens (including phenoxy) is 1. The quantitative estimate of drug-likeness (QED) is 0.891. The van der Waals surface area contributed by atoms with E-state index in [1.54, 1.807) is 0 Å². The molecule has 1 heterocycles. The highest BCUT2D eigenvalue weighted by molar-refractivity contribution is 5.95. The van der Waals surface area contributed by atoms with Crippen molar-refractivity contribution in [2.24, 2.45) is 11.1 Å². The van der Waals surface area contributed by atoms with Crippen molar-refractivity contribution in [3.63, 3.8) is 0 Å². The lowest BCUT2D eigenvalue weighted by atomic mass is 9.87. The molecule has 0 aromatic heterocycles. The van der Waals surface area contributed by atoms with Gasteiger partial charge in [-0.05, 0) is 29.7 Å². The fourth-order valence-corrected chi connectivity index (χ4v) is 2.19. The van der Waals surface area contributed by atoms with E-state index in [9.17, 15) is 4.79 Å². The van der Waals surface area contributed by atoms with Crippen LogP contribution in [0.3, 0.4) is 0 Å². The first-order chi connectivity index (χ1) is 9.88. The Morgan fingerprint density at radius 3 is 2.33 bits per heavy atom. The summed E-state index contributed by atoms with van der Waals surface area (Å²) in [7, 11) is 0. The van der Waals surface area contributed by atoms with Crippen molar-refractivity contribution in [1.29, 1.82) is 0 Å². The van der Waals surface area contributed by atoms with Crippen LogP contribution in [0, 0.1) is 5.41 Å². The van der Waals surface area contributed by atoms with Gasteiger partial charge in [0.25, 0.3) is 0 Å². The lowest BCUT2D eigenvalue weighted by molar-refractivity contribution is -0.119. The molecule has 0 bridgehead atoms. The highest BCUT2D eigenvalue weighted by Crippen LogP contribution is 2.21. The minimum absolute atomic E-state index is 0.151. The molecule has 116 valence electrons. The fourth-order valence-electron chi connectivity index (χ4n) is 2.19. The molecular formula is C16H25N3O2. The summed E-state index contributed by atoms with van der Waals surface area (Å²) in [4.78, 5) is 14.4. The molecule has 5 nitrogen and oxygen atoms in total. The molecule has 2 rings (SSSR count). The van der Waals surface area contributed by atoms with Gasteiger partial charge in [0.2, 0.25) is 5.91 Å². The molecule has 1 atom stereocenters. The zero-order valence-corrected chi connectivity index (χ0v) is 13.1. The number of carbonyl (C=O) groups excluding carboxylic acids is 1.